The van der Waals surface area contributed by atoms with E-state index in [2.05, 4.69) is 4.74 Å². The van der Waals surface area contributed by atoms with Gasteiger partial charge in [0.2, 0.25) is 6.79 Å². The number of sulfonamides is 1. The molecule has 0 bridgehead atoms. The van der Waals surface area contributed by atoms with E-state index in [9.17, 15) is 13.2 Å². The van der Waals surface area contributed by atoms with Gasteiger partial charge in [0.05, 0.1) is 17.7 Å². The van der Waals surface area contributed by atoms with E-state index in [0.29, 0.717) is 36.2 Å². The Morgan fingerprint density at radius 3 is 2.39 bits per heavy atom. The third-order valence-electron chi connectivity index (χ3n) is 4.25. The molecule has 9 nitrogen and oxygen atoms in total. The summed E-state index contributed by atoms with van der Waals surface area (Å²) in [6.07, 6.45) is 0. The van der Waals surface area contributed by atoms with Crippen LogP contribution in [-0.4, -0.2) is 48.0 Å². The van der Waals surface area contributed by atoms with E-state index < -0.39 is 22.5 Å². The van der Waals surface area contributed by atoms with Crippen LogP contribution in [0.3, 0.4) is 0 Å². The molecule has 2 aliphatic heterocycles. The van der Waals surface area contributed by atoms with Crippen molar-refractivity contribution in [2.45, 2.75) is 4.90 Å². The smallest absolute Gasteiger partial charge is 0.326 e. The maximum Gasteiger partial charge on any atom is 0.326 e. The fraction of sp³-hybridized carbons (Fsp3) is 0.278. The third-order valence-corrected chi connectivity index (χ3v) is 6.02. The van der Waals surface area contributed by atoms with E-state index in [1.807, 2.05) is 0 Å². The van der Waals surface area contributed by atoms with Crippen LogP contribution in [0.5, 0.6) is 23.0 Å². The molecule has 28 heavy (non-hydrogen) atoms. The van der Waals surface area contributed by atoms with Gasteiger partial charge < -0.3 is 23.7 Å². The Kier molecular flexibility index (Phi) is 4.63. The zero-order valence-electron chi connectivity index (χ0n) is 14.9. The van der Waals surface area contributed by atoms with Gasteiger partial charge in [-0.2, -0.15) is 0 Å². The number of methoxy groups -OCH3 is 1. The molecule has 4 rings (SSSR count). The molecule has 2 aromatic carbocycles. The van der Waals surface area contributed by atoms with Gasteiger partial charge in [-0.1, -0.05) is 0 Å². The van der Waals surface area contributed by atoms with Crippen LogP contribution in [-0.2, 0) is 19.6 Å². The number of fused-ring (bicyclic) bond motifs is 2. The molecule has 0 saturated heterocycles. The lowest BCUT2D eigenvalue weighted by Gasteiger charge is -2.25. The summed E-state index contributed by atoms with van der Waals surface area (Å²) in [5, 5.41) is 0. The van der Waals surface area contributed by atoms with E-state index in [4.69, 9.17) is 18.9 Å². The quantitative estimate of drug-likeness (QED) is 0.689. The van der Waals surface area contributed by atoms with E-state index in [1.54, 1.807) is 6.07 Å². The molecule has 10 heteroatoms. The molecule has 0 aromatic heterocycles. The first kappa shape index (κ1) is 18.2. The molecular weight excluding hydrogens is 390 g/mol. The van der Waals surface area contributed by atoms with E-state index in [-0.39, 0.29) is 17.4 Å². The summed E-state index contributed by atoms with van der Waals surface area (Å²) in [5.74, 6) is 0.978. The molecule has 0 spiro atoms. The van der Waals surface area contributed by atoms with Crippen LogP contribution in [0, 0.1) is 0 Å². The number of esters is 1. The average Bonchev–Trinajstić information content (AvgIpc) is 3.19. The topological polar surface area (TPSA) is 101 Å². The molecule has 2 aliphatic rings. The second-order valence-corrected chi connectivity index (χ2v) is 7.79. The van der Waals surface area contributed by atoms with Gasteiger partial charge in [0.1, 0.15) is 19.8 Å². The highest BCUT2D eigenvalue weighted by atomic mass is 32.2. The van der Waals surface area contributed by atoms with Gasteiger partial charge in [0, 0.05) is 12.1 Å². The number of ether oxygens (including phenoxy) is 5. The highest BCUT2D eigenvalue weighted by Crippen LogP contribution is 2.38. The second kappa shape index (κ2) is 7.12. The zero-order chi connectivity index (χ0) is 19.7. The molecular formula is C18H17NO8S. The van der Waals surface area contributed by atoms with Crippen molar-refractivity contribution in [2.75, 3.05) is 38.0 Å². The van der Waals surface area contributed by atoms with Crippen LogP contribution in [0.2, 0.25) is 0 Å². The number of hydrogen-bond donors (Lipinski definition) is 0. The van der Waals surface area contributed by atoms with Crippen LogP contribution in [0.25, 0.3) is 0 Å². The molecule has 0 amide bonds. The van der Waals surface area contributed by atoms with Gasteiger partial charge in [0.25, 0.3) is 10.0 Å². The summed E-state index contributed by atoms with van der Waals surface area (Å²) >= 11 is 0. The van der Waals surface area contributed by atoms with Crippen molar-refractivity contribution in [3.63, 3.8) is 0 Å². The van der Waals surface area contributed by atoms with E-state index in [1.165, 1.54) is 37.4 Å². The average molecular weight is 407 g/mol. The number of anilines is 1. The Morgan fingerprint density at radius 1 is 0.964 bits per heavy atom. The lowest BCUT2D eigenvalue weighted by Crippen LogP contribution is -2.36. The molecule has 0 atom stereocenters. The highest BCUT2D eigenvalue weighted by Gasteiger charge is 2.30. The maximum absolute atomic E-state index is 13.3. The SMILES string of the molecule is COC(=O)CN(c1ccc2c(c1)OCO2)S(=O)(=O)c1ccc2c(c1)OCCO2. The van der Waals surface area contributed by atoms with Gasteiger partial charge in [0.15, 0.2) is 23.0 Å². The lowest BCUT2D eigenvalue weighted by molar-refractivity contribution is -0.138. The summed E-state index contributed by atoms with van der Waals surface area (Å²) in [7, 11) is -2.92. The highest BCUT2D eigenvalue weighted by molar-refractivity contribution is 7.92. The van der Waals surface area contributed by atoms with Crippen LogP contribution in [0.4, 0.5) is 5.69 Å². The number of hydrogen-bond acceptors (Lipinski definition) is 8. The van der Waals surface area contributed by atoms with Gasteiger partial charge in [-0.3, -0.25) is 9.10 Å². The zero-order valence-corrected chi connectivity index (χ0v) is 15.7. The summed E-state index contributed by atoms with van der Waals surface area (Å²) in [6.45, 7) is 0.257. The standard InChI is InChI=1S/C18H17NO8S/c1-23-18(20)10-19(12-2-4-15-16(8-12)27-11-26-15)28(21,22)13-3-5-14-17(9-13)25-7-6-24-14/h2-5,8-9H,6-7,10-11H2,1H3. The summed E-state index contributed by atoms with van der Waals surface area (Å²) in [4.78, 5) is 11.9. The minimum atomic E-state index is -4.11. The lowest BCUT2D eigenvalue weighted by atomic mass is 10.3. The first-order valence-electron chi connectivity index (χ1n) is 8.38. The Bertz CT molecular complexity index is 1020. The third kappa shape index (κ3) is 3.26. The summed E-state index contributed by atoms with van der Waals surface area (Å²) < 4.78 is 53.7. The van der Waals surface area contributed by atoms with Crippen molar-refractivity contribution in [3.05, 3.63) is 36.4 Å². The molecule has 0 saturated carbocycles. The van der Waals surface area contributed by atoms with Gasteiger partial charge in [-0.15, -0.1) is 0 Å². The maximum atomic E-state index is 13.3. The van der Waals surface area contributed by atoms with Gasteiger partial charge in [-0.05, 0) is 24.3 Å². The van der Waals surface area contributed by atoms with Crippen molar-refractivity contribution < 1.29 is 36.9 Å². The molecule has 0 unspecified atom stereocenters. The molecule has 0 aliphatic carbocycles. The summed E-state index contributed by atoms with van der Waals surface area (Å²) in [5.41, 5.74) is 0.240. The van der Waals surface area contributed by atoms with Crippen LogP contribution in [0.1, 0.15) is 0 Å². The fourth-order valence-corrected chi connectivity index (χ4v) is 4.27. The summed E-state index contributed by atoms with van der Waals surface area (Å²) in [6, 6.07) is 8.92. The van der Waals surface area contributed by atoms with Gasteiger partial charge in [-0.25, -0.2) is 8.42 Å². The Morgan fingerprint density at radius 2 is 1.61 bits per heavy atom. The Balaban J connectivity index is 1.76. The number of rotatable bonds is 5. The Labute approximate surface area is 161 Å². The van der Waals surface area contributed by atoms with Gasteiger partial charge >= 0.3 is 5.97 Å². The molecule has 0 fully saturated rings. The molecule has 2 aromatic rings. The van der Waals surface area contributed by atoms with Crippen molar-refractivity contribution in [1.82, 2.24) is 0 Å². The van der Waals surface area contributed by atoms with Crippen molar-refractivity contribution >= 4 is 21.7 Å². The number of carbonyl (C=O) groups is 1. The Hall–Kier alpha value is -3.14. The minimum Gasteiger partial charge on any atom is -0.486 e. The van der Waals surface area contributed by atoms with Crippen LogP contribution in [0.15, 0.2) is 41.3 Å². The van der Waals surface area contributed by atoms with E-state index >= 15 is 0 Å². The second-order valence-electron chi connectivity index (χ2n) is 5.93. The molecule has 0 N–H and O–H groups in total. The van der Waals surface area contributed by atoms with Crippen LogP contribution < -0.4 is 23.3 Å². The molecule has 0 radical (unpaired) electrons. The van der Waals surface area contributed by atoms with Crippen LogP contribution >= 0.6 is 0 Å². The number of nitrogens with zero attached hydrogens (tertiary/aromatic N) is 1. The number of carbonyl (C=O) groups excluding carboxylic acids is 1. The normalized spacial score (nSPS) is 14.5. The monoisotopic (exact) mass is 407 g/mol. The first-order valence-corrected chi connectivity index (χ1v) is 9.82. The van der Waals surface area contributed by atoms with E-state index in [0.717, 1.165) is 4.31 Å². The van der Waals surface area contributed by atoms with Crippen molar-refractivity contribution in [1.29, 1.82) is 0 Å². The first-order chi connectivity index (χ1) is 13.5. The fourth-order valence-electron chi connectivity index (χ4n) is 2.85. The largest absolute Gasteiger partial charge is 0.486 e. The minimum absolute atomic E-state index is 0.0432. The molecule has 148 valence electrons. The number of benzene rings is 2. The van der Waals surface area contributed by atoms with Crippen molar-refractivity contribution in [2.24, 2.45) is 0 Å². The predicted octanol–water partition coefficient (Wildman–Crippen LogP) is 1.55. The van der Waals surface area contributed by atoms with Crippen molar-refractivity contribution in [3.8, 4) is 23.0 Å². The predicted molar refractivity (Wildman–Crippen MR) is 96.5 cm³/mol. The molecule has 2 heterocycles.